The molecule has 2 rings (SSSR count). The maximum absolute atomic E-state index is 11.6. The molecule has 0 saturated carbocycles. The molecule has 0 spiro atoms. The summed E-state index contributed by atoms with van der Waals surface area (Å²) in [5.74, 6) is 0. The molecule has 0 aliphatic heterocycles. The van der Waals surface area contributed by atoms with Crippen molar-refractivity contribution < 1.29 is 0 Å². The molecule has 7 nitrogen and oxygen atoms in total. The SMILES string of the molecule is CN(C)CCn1cnc2[nH]c(=O)[nH]c(=O)c21. The Bertz CT molecular complexity index is 606. The zero-order chi connectivity index (χ0) is 11.7. The molecule has 0 bridgehead atoms. The number of rotatable bonds is 3. The molecule has 0 radical (unpaired) electrons. The number of H-pyrrole nitrogens is 2. The molecular formula is C9H13N5O2. The first kappa shape index (κ1) is 10.6. The van der Waals surface area contributed by atoms with Crippen LogP contribution in [0.1, 0.15) is 0 Å². The molecule has 2 heterocycles. The normalized spacial score (nSPS) is 11.4. The number of fused-ring (bicyclic) bond motifs is 1. The van der Waals surface area contributed by atoms with Crippen LogP contribution in [-0.4, -0.2) is 45.1 Å². The third-order valence-corrected chi connectivity index (χ3v) is 2.30. The van der Waals surface area contributed by atoms with Crippen LogP contribution in [0.25, 0.3) is 11.2 Å². The van der Waals surface area contributed by atoms with Gasteiger partial charge >= 0.3 is 5.69 Å². The van der Waals surface area contributed by atoms with E-state index in [-0.39, 0.29) is 0 Å². The summed E-state index contributed by atoms with van der Waals surface area (Å²) in [6.45, 7) is 1.45. The summed E-state index contributed by atoms with van der Waals surface area (Å²) in [7, 11) is 3.90. The molecule has 0 aliphatic rings. The summed E-state index contributed by atoms with van der Waals surface area (Å²) in [5, 5.41) is 0. The Morgan fingerprint density at radius 1 is 1.38 bits per heavy atom. The van der Waals surface area contributed by atoms with Crippen molar-refractivity contribution in [1.29, 1.82) is 0 Å². The monoisotopic (exact) mass is 223 g/mol. The van der Waals surface area contributed by atoms with Gasteiger partial charge in [-0.2, -0.15) is 0 Å². The molecule has 0 saturated heterocycles. The number of imidazole rings is 1. The Labute approximate surface area is 90.7 Å². The average Bonchev–Trinajstić information content (AvgIpc) is 2.57. The molecule has 0 aromatic carbocycles. The summed E-state index contributed by atoms with van der Waals surface area (Å²) in [6, 6.07) is 0. The predicted molar refractivity (Wildman–Crippen MR) is 59.5 cm³/mol. The number of likely N-dealkylation sites (N-methyl/N-ethyl adjacent to an activating group) is 1. The first-order valence-corrected chi connectivity index (χ1v) is 4.90. The van der Waals surface area contributed by atoms with Crippen molar-refractivity contribution >= 4 is 11.2 Å². The third kappa shape index (κ3) is 1.89. The first-order valence-electron chi connectivity index (χ1n) is 4.90. The standard InChI is InChI=1S/C9H13N5O2/c1-13(2)3-4-14-5-10-7-6(14)8(15)12-9(16)11-7/h5H,3-4H2,1-2H3,(H2,11,12,15,16). The second-order valence-electron chi connectivity index (χ2n) is 3.85. The number of nitrogens with one attached hydrogen (secondary N) is 2. The number of nitrogens with zero attached hydrogens (tertiary/aromatic N) is 3. The van der Waals surface area contributed by atoms with Crippen molar-refractivity contribution in [3.05, 3.63) is 27.2 Å². The fraction of sp³-hybridized carbons (Fsp3) is 0.444. The van der Waals surface area contributed by atoms with Gasteiger partial charge in [0, 0.05) is 13.1 Å². The van der Waals surface area contributed by atoms with E-state index in [1.807, 2.05) is 19.0 Å². The number of hydrogen-bond acceptors (Lipinski definition) is 4. The lowest BCUT2D eigenvalue weighted by atomic mass is 10.5. The number of aromatic nitrogens is 4. The number of aromatic amines is 2. The summed E-state index contributed by atoms with van der Waals surface area (Å²) in [6.07, 6.45) is 1.55. The third-order valence-electron chi connectivity index (χ3n) is 2.30. The van der Waals surface area contributed by atoms with Crippen LogP contribution >= 0.6 is 0 Å². The molecule has 0 fully saturated rings. The van der Waals surface area contributed by atoms with Crippen molar-refractivity contribution in [2.75, 3.05) is 20.6 Å². The first-order chi connectivity index (χ1) is 7.58. The van der Waals surface area contributed by atoms with Crippen LogP contribution in [0.15, 0.2) is 15.9 Å². The zero-order valence-electron chi connectivity index (χ0n) is 9.15. The fourth-order valence-corrected chi connectivity index (χ4v) is 1.49. The molecule has 86 valence electrons. The summed E-state index contributed by atoms with van der Waals surface area (Å²) in [5.41, 5.74) is -0.209. The molecule has 0 unspecified atom stereocenters. The predicted octanol–water partition coefficient (Wildman–Crippen LogP) is -1.03. The van der Waals surface area contributed by atoms with E-state index in [9.17, 15) is 9.59 Å². The molecule has 16 heavy (non-hydrogen) atoms. The quantitative estimate of drug-likeness (QED) is 0.697. The van der Waals surface area contributed by atoms with Crippen LogP contribution in [0.3, 0.4) is 0 Å². The van der Waals surface area contributed by atoms with Gasteiger partial charge < -0.3 is 9.47 Å². The minimum Gasteiger partial charge on any atom is -0.323 e. The van der Waals surface area contributed by atoms with Crippen molar-refractivity contribution in [3.8, 4) is 0 Å². The van der Waals surface area contributed by atoms with Crippen molar-refractivity contribution in [2.24, 2.45) is 0 Å². The molecule has 2 aromatic rings. The van der Waals surface area contributed by atoms with E-state index in [1.165, 1.54) is 0 Å². The highest BCUT2D eigenvalue weighted by Gasteiger charge is 2.07. The molecular weight excluding hydrogens is 210 g/mol. The Morgan fingerprint density at radius 3 is 2.81 bits per heavy atom. The lowest BCUT2D eigenvalue weighted by molar-refractivity contribution is 0.386. The van der Waals surface area contributed by atoms with Gasteiger partial charge in [-0.3, -0.25) is 14.8 Å². The Hall–Kier alpha value is -1.89. The molecule has 0 aliphatic carbocycles. The van der Waals surface area contributed by atoms with Gasteiger partial charge in [-0.05, 0) is 14.1 Å². The van der Waals surface area contributed by atoms with E-state index in [4.69, 9.17) is 0 Å². The minimum atomic E-state index is -0.532. The van der Waals surface area contributed by atoms with E-state index >= 15 is 0 Å². The molecule has 0 amide bonds. The van der Waals surface area contributed by atoms with E-state index < -0.39 is 11.2 Å². The zero-order valence-corrected chi connectivity index (χ0v) is 9.15. The molecule has 2 aromatic heterocycles. The lowest BCUT2D eigenvalue weighted by Crippen LogP contribution is -2.25. The van der Waals surface area contributed by atoms with E-state index in [2.05, 4.69) is 15.0 Å². The van der Waals surface area contributed by atoms with E-state index in [0.29, 0.717) is 17.7 Å². The second kappa shape index (κ2) is 3.93. The second-order valence-corrected chi connectivity index (χ2v) is 3.85. The topological polar surface area (TPSA) is 86.8 Å². The summed E-state index contributed by atoms with van der Waals surface area (Å²) >= 11 is 0. The van der Waals surface area contributed by atoms with E-state index in [1.54, 1.807) is 10.9 Å². The maximum Gasteiger partial charge on any atom is 0.327 e. The van der Waals surface area contributed by atoms with Gasteiger partial charge in [-0.25, -0.2) is 9.78 Å². The Morgan fingerprint density at radius 2 is 2.12 bits per heavy atom. The van der Waals surface area contributed by atoms with E-state index in [0.717, 1.165) is 6.54 Å². The highest BCUT2D eigenvalue weighted by molar-refractivity contribution is 5.68. The van der Waals surface area contributed by atoms with Crippen LogP contribution < -0.4 is 11.2 Å². The van der Waals surface area contributed by atoms with Crippen molar-refractivity contribution in [1.82, 2.24) is 24.4 Å². The minimum absolute atomic E-state index is 0.326. The van der Waals surface area contributed by atoms with Crippen LogP contribution in [-0.2, 0) is 6.54 Å². The largest absolute Gasteiger partial charge is 0.327 e. The van der Waals surface area contributed by atoms with Gasteiger partial charge in [0.15, 0.2) is 11.2 Å². The van der Waals surface area contributed by atoms with Gasteiger partial charge in [0.1, 0.15) is 0 Å². The van der Waals surface area contributed by atoms with Gasteiger partial charge in [0.05, 0.1) is 6.33 Å². The summed E-state index contributed by atoms with van der Waals surface area (Å²) in [4.78, 5) is 33.2. The molecule has 7 heteroatoms. The van der Waals surface area contributed by atoms with Gasteiger partial charge in [0.2, 0.25) is 0 Å². The van der Waals surface area contributed by atoms with Crippen LogP contribution in [0.5, 0.6) is 0 Å². The van der Waals surface area contributed by atoms with Crippen LogP contribution in [0.4, 0.5) is 0 Å². The van der Waals surface area contributed by atoms with Crippen molar-refractivity contribution in [2.45, 2.75) is 6.54 Å². The number of hydrogen-bond donors (Lipinski definition) is 2. The van der Waals surface area contributed by atoms with Gasteiger partial charge in [0.25, 0.3) is 5.56 Å². The van der Waals surface area contributed by atoms with Gasteiger partial charge in [-0.15, -0.1) is 0 Å². The van der Waals surface area contributed by atoms with Crippen LogP contribution in [0.2, 0.25) is 0 Å². The highest BCUT2D eigenvalue weighted by Crippen LogP contribution is 2.01. The highest BCUT2D eigenvalue weighted by atomic mass is 16.2. The smallest absolute Gasteiger partial charge is 0.323 e. The Kier molecular flexibility index (Phi) is 2.61. The van der Waals surface area contributed by atoms with Crippen LogP contribution in [0, 0.1) is 0 Å². The maximum atomic E-state index is 11.6. The molecule has 2 N–H and O–H groups in total. The van der Waals surface area contributed by atoms with Gasteiger partial charge in [-0.1, -0.05) is 0 Å². The Balaban J connectivity index is 2.48. The summed E-state index contributed by atoms with van der Waals surface area (Å²) < 4.78 is 1.73. The van der Waals surface area contributed by atoms with Crippen molar-refractivity contribution in [3.63, 3.8) is 0 Å². The fourth-order valence-electron chi connectivity index (χ4n) is 1.49. The molecule has 0 atom stereocenters. The average molecular weight is 223 g/mol. The lowest BCUT2D eigenvalue weighted by Gasteiger charge is -2.09.